The smallest absolute Gasteiger partial charge is 0.336 e. The van der Waals surface area contributed by atoms with Gasteiger partial charge in [-0.2, -0.15) is 0 Å². The summed E-state index contributed by atoms with van der Waals surface area (Å²) < 4.78 is 18.0. The van der Waals surface area contributed by atoms with Gasteiger partial charge in [-0.1, -0.05) is 20.8 Å². The molecule has 0 amide bonds. The van der Waals surface area contributed by atoms with E-state index in [4.69, 9.17) is 13.9 Å². The number of rotatable bonds is 8. The molecule has 7 heteroatoms. The number of nitrogens with zero attached hydrogens (tertiary/aromatic N) is 1. The van der Waals surface area contributed by atoms with Gasteiger partial charge < -0.3 is 23.9 Å². The predicted molar refractivity (Wildman–Crippen MR) is 130 cm³/mol. The molecule has 180 valence electrons. The number of carboxylic acids is 1. The molecule has 1 aromatic rings. The van der Waals surface area contributed by atoms with E-state index < -0.39 is 14.3 Å². The first-order valence-corrected chi connectivity index (χ1v) is 15.0. The molecule has 2 heterocycles. The Labute approximate surface area is 194 Å². The topological polar surface area (TPSA) is 68.2 Å². The fourth-order valence-corrected chi connectivity index (χ4v) is 4.97. The molecule has 3 rings (SSSR count). The van der Waals surface area contributed by atoms with Crippen LogP contribution in [-0.2, 0) is 20.5 Å². The summed E-state index contributed by atoms with van der Waals surface area (Å²) in [6.45, 7) is 14.8. The molecule has 0 spiro atoms. The Morgan fingerprint density at radius 1 is 1.19 bits per heavy atom. The first-order chi connectivity index (χ1) is 15.1. The summed E-state index contributed by atoms with van der Waals surface area (Å²) in [5.41, 5.74) is 2.18. The number of hydrogen-bond donors (Lipinski definition) is 1. The molecule has 2 fully saturated rings. The van der Waals surface area contributed by atoms with Crippen molar-refractivity contribution in [2.75, 3.05) is 31.2 Å². The van der Waals surface area contributed by atoms with Crippen LogP contribution in [0.2, 0.25) is 18.1 Å². The molecule has 0 aliphatic carbocycles. The lowest BCUT2D eigenvalue weighted by Crippen LogP contribution is -2.40. The molecule has 2 aliphatic rings. The second-order valence-electron chi connectivity index (χ2n) is 10.8. The number of benzene rings is 1. The largest absolute Gasteiger partial charge is 0.478 e. The summed E-state index contributed by atoms with van der Waals surface area (Å²) >= 11 is 0. The highest BCUT2D eigenvalue weighted by molar-refractivity contribution is 6.74. The van der Waals surface area contributed by atoms with E-state index in [1.807, 2.05) is 12.1 Å². The highest BCUT2D eigenvalue weighted by Gasteiger charge is 2.37. The molecule has 0 saturated carbocycles. The Bertz CT molecular complexity index is 762. The van der Waals surface area contributed by atoms with E-state index in [0.717, 1.165) is 63.2 Å². The van der Waals surface area contributed by atoms with E-state index in [2.05, 4.69) is 38.8 Å². The van der Waals surface area contributed by atoms with E-state index in [9.17, 15) is 9.90 Å². The SMILES string of the molecule is CC(C)(C)[Si](C)(C)OCc1cc(N2CCC(COC3CCCCO3)CC2)ccc1C(=O)O. The van der Waals surface area contributed by atoms with Crippen molar-refractivity contribution in [3.63, 3.8) is 0 Å². The molecule has 0 aromatic heterocycles. The molecular weight excluding hydrogens is 422 g/mol. The summed E-state index contributed by atoms with van der Waals surface area (Å²) in [5, 5.41) is 9.76. The number of carbonyl (C=O) groups is 1. The summed E-state index contributed by atoms with van der Waals surface area (Å²) in [6.07, 6.45) is 5.47. The van der Waals surface area contributed by atoms with Crippen LogP contribution in [-0.4, -0.2) is 52.0 Å². The molecule has 1 N–H and O–H groups in total. The number of hydrogen-bond acceptors (Lipinski definition) is 5. The van der Waals surface area contributed by atoms with E-state index in [0.29, 0.717) is 18.1 Å². The number of anilines is 1. The maximum absolute atomic E-state index is 11.8. The molecule has 1 aromatic carbocycles. The zero-order chi connectivity index (χ0) is 23.4. The van der Waals surface area contributed by atoms with Crippen molar-refractivity contribution < 1.29 is 23.8 Å². The van der Waals surface area contributed by atoms with E-state index in [1.54, 1.807) is 6.07 Å². The standard InChI is InChI=1S/C25H41NO5Si/c1-25(2,3)32(4,5)31-18-20-16-21(9-10-22(20)24(27)28)26-13-11-19(12-14-26)17-30-23-8-6-7-15-29-23/h9-10,16,19,23H,6-8,11-15,17-18H2,1-5H3,(H,27,28). The van der Waals surface area contributed by atoms with Gasteiger partial charge in [-0.25, -0.2) is 4.79 Å². The average molecular weight is 464 g/mol. The summed E-state index contributed by atoms with van der Waals surface area (Å²) in [6, 6.07) is 5.69. The van der Waals surface area contributed by atoms with Crippen molar-refractivity contribution in [2.45, 2.75) is 83.9 Å². The van der Waals surface area contributed by atoms with Crippen molar-refractivity contribution in [3.8, 4) is 0 Å². The Hall–Kier alpha value is -1.41. The number of carboxylic acid groups (broad SMARTS) is 1. The monoisotopic (exact) mass is 463 g/mol. The molecule has 32 heavy (non-hydrogen) atoms. The van der Waals surface area contributed by atoms with Crippen molar-refractivity contribution in [1.82, 2.24) is 0 Å². The van der Waals surface area contributed by atoms with Crippen molar-refractivity contribution in [1.29, 1.82) is 0 Å². The van der Waals surface area contributed by atoms with Crippen LogP contribution in [0.15, 0.2) is 18.2 Å². The van der Waals surface area contributed by atoms with Gasteiger partial charge in [0.1, 0.15) is 0 Å². The molecular formula is C25H41NO5Si. The minimum absolute atomic E-state index is 0.0196. The Balaban J connectivity index is 1.59. The van der Waals surface area contributed by atoms with Gasteiger partial charge in [0.2, 0.25) is 0 Å². The Morgan fingerprint density at radius 3 is 2.50 bits per heavy atom. The van der Waals surface area contributed by atoms with Gasteiger partial charge in [-0.15, -0.1) is 0 Å². The first kappa shape index (κ1) is 25.2. The molecule has 2 aliphatic heterocycles. The van der Waals surface area contributed by atoms with Crippen LogP contribution in [0.4, 0.5) is 5.69 Å². The van der Waals surface area contributed by atoms with Gasteiger partial charge in [0, 0.05) is 25.4 Å². The van der Waals surface area contributed by atoms with Crippen LogP contribution in [0.1, 0.15) is 68.8 Å². The fourth-order valence-electron chi connectivity index (χ4n) is 4.02. The summed E-state index contributed by atoms with van der Waals surface area (Å²) in [7, 11) is -1.97. The van der Waals surface area contributed by atoms with E-state index in [-0.39, 0.29) is 11.3 Å². The molecule has 0 bridgehead atoms. The summed E-state index contributed by atoms with van der Waals surface area (Å²) in [4.78, 5) is 14.2. The normalized spacial score (nSPS) is 21.0. The third-order valence-corrected chi connectivity index (χ3v) is 11.8. The lowest BCUT2D eigenvalue weighted by atomic mass is 9.96. The van der Waals surface area contributed by atoms with Crippen molar-refractivity contribution in [3.05, 3.63) is 29.3 Å². The van der Waals surface area contributed by atoms with Gasteiger partial charge in [0.15, 0.2) is 14.6 Å². The zero-order valence-corrected chi connectivity index (χ0v) is 21.5. The zero-order valence-electron chi connectivity index (χ0n) is 20.5. The van der Waals surface area contributed by atoms with Crippen LogP contribution >= 0.6 is 0 Å². The highest BCUT2D eigenvalue weighted by Crippen LogP contribution is 2.37. The molecule has 0 radical (unpaired) electrons. The van der Waals surface area contributed by atoms with Crippen molar-refractivity contribution in [2.24, 2.45) is 5.92 Å². The van der Waals surface area contributed by atoms with Gasteiger partial charge in [-0.3, -0.25) is 0 Å². The van der Waals surface area contributed by atoms with E-state index >= 15 is 0 Å². The molecule has 1 unspecified atom stereocenters. The third kappa shape index (κ3) is 6.56. The minimum atomic E-state index is -1.97. The quantitative estimate of drug-likeness (QED) is 0.501. The number of piperidine rings is 1. The van der Waals surface area contributed by atoms with Crippen LogP contribution in [0.5, 0.6) is 0 Å². The van der Waals surface area contributed by atoms with Crippen LogP contribution < -0.4 is 4.90 Å². The first-order valence-electron chi connectivity index (χ1n) is 12.0. The Morgan fingerprint density at radius 2 is 1.91 bits per heavy atom. The highest BCUT2D eigenvalue weighted by atomic mass is 28.4. The van der Waals surface area contributed by atoms with Crippen LogP contribution in [0.3, 0.4) is 0 Å². The van der Waals surface area contributed by atoms with Crippen molar-refractivity contribution >= 4 is 20.0 Å². The lowest BCUT2D eigenvalue weighted by molar-refractivity contribution is -0.169. The maximum Gasteiger partial charge on any atom is 0.336 e. The molecule has 1 atom stereocenters. The minimum Gasteiger partial charge on any atom is -0.478 e. The summed E-state index contributed by atoms with van der Waals surface area (Å²) in [5.74, 6) is -0.345. The maximum atomic E-state index is 11.8. The molecule has 6 nitrogen and oxygen atoms in total. The van der Waals surface area contributed by atoms with E-state index in [1.165, 1.54) is 6.42 Å². The third-order valence-electron chi connectivity index (χ3n) is 7.35. The fraction of sp³-hybridized carbons (Fsp3) is 0.720. The number of ether oxygens (including phenoxy) is 2. The second kappa shape index (κ2) is 10.7. The average Bonchev–Trinajstić information content (AvgIpc) is 2.76. The van der Waals surface area contributed by atoms with Gasteiger partial charge >= 0.3 is 5.97 Å². The second-order valence-corrected chi connectivity index (χ2v) is 15.6. The Kier molecular flexibility index (Phi) is 8.41. The van der Waals surface area contributed by atoms with Crippen LogP contribution in [0, 0.1) is 5.92 Å². The lowest BCUT2D eigenvalue weighted by Gasteiger charge is -2.37. The van der Waals surface area contributed by atoms with Crippen LogP contribution in [0.25, 0.3) is 0 Å². The van der Waals surface area contributed by atoms with Gasteiger partial charge in [-0.05, 0) is 79.9 Å². The number of aromatic carboxylic acids is 1. The predicted octanol–water partition coefficient (Wildman–Crippen LogP) is 5.67. The molecule has 2 saturated heterocycles. The van der Waals surface area contributed by atoms with Gasteiger partial charge in [0.25, 0.3) is 0 Å². The van der Waals surface area contributed by atoms with Gasteiger partial charge in [0.05, 0.1) is 18.8 Å².